The molecule has 0 spiro atoms. The molecule has 1 fully saturated rings. The molecule has 29 heavy (non-hydrogen) atoms. The van der Waals surface area contributed by atoms with Crippen LogP contribution < -0.4 is 4.90 Å². The lowest BCUT2D eigenvalue weighted by Gasteiger charge is -2.37. The van der Waals surface area contributed by atoms with Gasteiger partial charge in [0.05, 0.1) is 18.7 Å². The monoisotopic (exact) mass is 391 g/mol. The van der Waals surface area contributed by atoms with Gasteiger partial charge in [0, 0.05) is 39.0 Å². The van der Waals surface area contributed by atoms with Gasteiger partial charge in [0.25, 0.3) is 11.8 Å². The molecule has 0 radical (unpaired) electrons. The predicted molar refractivity (Wildman–Crippen MR) is 112 cm³/mol. The molecule has 0 atom stereocenters. The van der Waals surface area contributed by atoms with E-state index in [1.54, 1.807) is 7.11 Å². The number of amides is 2. The minimum absolute atomic E-state index is 0.223. The molecular formula is C23H25N3O3. The molecule has 0 N–H and O–H groups in total. The largest absolute Gasteiger partial charge is 0.383 e. The number of rotatable bonds is 6. The van der Waals surface area contributed by atoms with E-state index in [0.717, 1.165) is 18.7 Å². The van der Waals surface area contributed by atoms with Gasteiger partial charge in [-0.25, -0.2) is 0 Å². The lowest BCUT2D eigenvalue weighted by atomic mass is 10.0. The van der Waals surface area contributed by atoms with Crippen LogP contribution in [0.2, 0.25) is 0 Å². The number of piperazine rings is 1. The quantitative estimate of drug-likeness (QED) is 0.707. The van der Waals surface area contributed by atoms with Gasteiger partial charge in [-0.2, -0.15) is 0 Å². The molecule has 6 heteroatoms. The summed E-state index contributed by atoms with van der Waals surface area (Å²) in [6.07, 6.45) is 0. The van der Waals surface area contributed by atoms with Crippen molar-refractivity contribution < 1.29 is 14.3 Å². The van der Waals surface area contributed by atoms with Gasteiger partial charge in [0.2, 0.25) is 0 Å². The number of benzene rings is 2. The van der Waals surface area contributed by atoms with Crippen molar-refractivity contribution in [2.24, 2.45) is 0 Å². The topological polar surface area (TPSA) is 53.1 Å². The van der Waals surface area contributed by atoms with Crippen molar-refractivity contribution >= 4 is 23.1 Å². The van der Waals surface area contributed by atoms with E-state index in [-0.39, 0.29) is 18.4 Å². The third kappa shape index (κ3) is 3.76. The van der Waals surface area contributed by atoms with Crippen LogP contribution in [0.1, 0.15) is 5.56 Å². The Bertz CT molecular complexity index is 903. The van der Waals surface area contributed by atoms with Crippen LogP contribution in [-0.2, 0) is 14.3 Å². The summed E-state index contributed by atoms with van der Waals surface area (Å²) in [5, 5.41) is 0. The summed E-state index contributed by atoms with van der Waals surface area (Å²) in [4.78, 5) is 32.0. The van der Waals surface area contributed by atoms with Crippen molar-refractivity contribution in [2.75, 3.05) is 51.3 Å². The predicted octanol–water partition coefficient (Wildman–Crippen LogP) is 2.24. The Balaban J connectivity index is 1.61. The number of carbonyl (C=O) groups is 2. The molecule has 2 aliphatic heterocycles. The third-order valence-corrected chi connectivity index (χ3v) is 5.44. The maximum absolute atomic E-state index is 13.2. The van der Waals surface area contributed by atoms with Gasteiger partial charge >= 0.3 is 0 Å². The highest BCUT2D eigenvalue weighted by Gasteiger charge is 2.41. The maximum Gasteiger partial charge on any atom is 0.277 e. The van der Waals surface area contributed by atoms with E-state index < -0.39 is 0 Å². The number of ether oxygens (including phenoxy) is 1. The normalized spacial score (nSPS) is 17.5. The summed E-state index contributed by atoms with van der Waals surface area (Å²) in [6.45, 7) is 3.58. The zero-order valence-corrected chi connectivity index (χ0v) is 16.6. The van der Waals surface area contributed by atoms with Crippen LogP contribution in [0.5, 0.6) is 0 Å². The number of methoxy groups -OCH3 is 1. The Kier molecular flexibility index (Phi) is 5.62. The maximum atomic E-state index is 13.2. The second-order valence-corrected chi connectivity index (χ2v) is 7.15. The fourth-order valence-corrected chi connectivity index (χ4v) is 3.93. The fourth-order valence-electron chi connectivity index (χ4n) is 3.93. The molecule has 0 saturated carbocycles. The summed E-state index contributed by atoms with van der Waals surface area (Å²) in [6, 6.07) is 19.7. The zero-order chi connectivity index (χ0) is 20.2. The summed E-state index contributed by atoms with van der Waals surface area (Å²) in [5.41, 5.74) is 2.98. The molecule has 1 saturated heterocycles. The summed E-state index contributed by atoms with van der Waals surface area (Å²) < 4.78 is 5.10. The van der Waals surface area contributed by atoms with Crippen molar-refractivity contribution in [3.05, 3.63) is 71.9 Å². The van der Waals surface area contributed by atoms with Crippen LogP contribution in [0.4, 0.5) is 5.69 Å². The second-order valence-electron chi connectivity index (χ2n) is 7.15. The van der Waals surface area contributed by atoms with Gasteiger partial charge in [-0.05, 0) is 17.7 Å². The summed E-state index contributed by atoms with van der Waals surface area (Å²) in [7, 11) is 1.57. The number of anilines is 1. The zero-order valence-electron chi connectivity index (χ0n) is 16.6. The Morgan fingerprint density at radius 3 is 2.00 bits per heavy atom. The van der Waals surface area contributed by atoms with Crippen LogP contribution in [0.3, 0.4) is 0 Å². The van der Waals surface area contributed by atoms with E-state index in [0.29, 0.717) is 31.0 Å². The van der Waals surface area contributed by atoms with Crippen molar-refractivity contribution in [2.45, 2.75) is 0 Å². The van der Waals surface area contributed by atoms with Crippen LogP contribution in [0.25, 0.3) is 5.57 Å². The van der Waals surface area contributed by atoms with Crippen LogP contribution in [0, 0.1) is 0 Å². The van der Waals surface area contributed by atoms with Gasteiger partial charge in [-0.1, -0.05) is 48.5 Å². The molecule has 0 bridgehead atoms. The molecule has 0 unspecified atom stereocenters. The number of nitrogens with zero attached hydrogens (tertiary/aromatic N) is 3. The molecule has 4 rings (SSSR count). The third-order valence-electron chi connectivity index (χ3n) is 5.44. The standard InChI is InChI=1S/C23H25N3O3/c1-29-17-16-26-22(27)20(18-8-4-2-5-9-18)21(23(26)28)25-14-12-24(13-15-25)19-10-6-3-7-11-19/h2-11H,12-17H2,1H3. The minimum atomic E-state index is -0.237. The van der Waals surface area contributed by atoms with Crippen LogP contribution >= 0.6 is 0 Å². The molecule has 0 aromatic heterocycles. The SMILES string of the molecule is COCCN1C(=O)C(c2ccccc2)=C(N2CCN(c3ccccc3)CC2)C1=O. The van der Waals surface area contributed by atoms with Crippen molar-refractivity contribution in [3.63, 3.8) is 0 Å². The molecule has 6 nitrogen and oxygen atoms in total. The smallest absolute Gasteiger partial charge is 0.277 e. The molecule has 150 valence electrons. The van der Waals surface area contributed by atoms with E-state index in [4.69, 9.17) is 4.74 Å². The molecule has 2 amide bonds. The highest BCUT2D eigenvalue weighted by Crippen LogP contribution is 2.32. The van der Waals surface area contributed by atoms with Gasteiger partial charge in [-0.15, -0.1) is 0 Å². The molecule has 2 aromatic carbocycles. The summed E-state index contributed by atoms with van der Waals surface area (Å²) >= 11 is 0. The summed E-state index contributed by atoms with van der Waals surface area (Å²) in [5.74, 6) is -0.460. The minimum Gasteiger partial charge on any atom is -0.383 e. The van der Waals surface area contributed by atoms with Crippen molar-refractivity contribution in [1.29, 1.82) is 0 Å². The second kappa shape index (κ2) is 8.49. The van der Waals surface area contributed by atoms with Crippen LogP contribution in [-0.4, -0.2) is 68.1 Å². The average Bonchev–Trinajstić information content (AvgIpc) is 3.03. The van der Waals surface area contributed by atoms with Gasteiger partial charge in [0.15, 0.2) is 0 Å². The molecule has 2 heterocycles. The number of hydrogen-bond donors (Lipinski definition) is 0. The lowest BCUT2D eigenvalue weighted by molar-refractivity contribution is -0.138. The number of carbonyl (C=O) groups excluding carboxylic acids is 2. The lowest BCUT2D eigenvalue weighted by Crippen LogP contribution is -2.47. The van der Waals surface area contributed by atoms with E-state index in [2.05, 4.69) is 21.9 Å². The first-order valence-electron chi connectivity index (χ1n) is 9.90. The first-order valence-corrected chi connectivity index (χ1v) is 9.90. The Hall–Kier alpha value is -3.12. The number of para-hydroxylation sites is 1. The Labute approximate surface area is 171 Å². The van der Waals surface area contributed by atoms with E-state index >= 15 is 0 Å². The highest BCUT2D eigenvalue weighted by molar-refractivity contribution is 6.35. The Morgan fingerprint density at radius 2 is 1.38 bits per heavy atom. The fraction of sp³-hybridized carbons (Fsp3) is 0.304. The molecular weight excluding hydrogens is 366 g/mol. The van der Waals surface area contributed by atoms with E-state index in [1.807, 2.05) is 48.5 Å². The van der Waals surface area contributed by atoms with E-state index in [1.165, 1.54) is 10.6 Å². The van der Waals surface area contributed by atoms with Crippen molar-refractivity contribution in [1.82, 2.24) is 9.80 Å². The number of hydrogen-bond acceptors (Lipinski definition) is 5. The van der Waals surface area contributed by atoms with Gasteiger partial charge in [-0.3, -0.25) is 14.5 Å². The first-order chi connectivity index (χ1) is 14.2. The van der Waals surface area contributed by atoms with Crippen LogP contribution in [0.15, 0.2) is 66.4 Å². The Morgan fingerprint density at radius 1 is 0.793 bits per heavy atom. The average molecular weight is 391 g/mol. The van der Waals surface area contributed by atoms with E-state index in [9.17, 15) is 9.59 Å². The van der Waals surface area contributed by atoms with Gasteiger partial charge < -0.3 is 14.5 Å². The van der Waals surface area contributed by atoms with Gasteiger partial charge in [0.1, 0.15) is 5.70 Å². The highest BCUT2D eigenvalue weighted by atomic mass is 16.5. The molecule has 2 aliphatic rings. The first kappa shape index (κ1) is 19.2. The number of imide groups is 1. The molecule has 0 aliphatic carbocycles. The van der Waals surface area contributed by atoms with Crippen molar-refractivity contribution in [3.8, 4) is 0 Å². The molecule has 2 aromatic rings.